The van der Waals surface area contributed by atoms with Crippen LogP contribution in [0.3, 0.4) is 0 Å². The minimum absolute atomic E-state index is 0.101. The highest BCUT2D eigenvalue weighted by Gasteiger charge is 2.39. The molecule has 130 valence electrons. The van der Waals surface area contributed by atoms with Gasteiger partial charge < -0.3 is 14.4 Å². The van der Waals surface area contributed by atoms with E-state index in [0.29, 0.717) is 22.1 Å². The maximum absolute atomic E-state index is 14.1. The van der Waals surface area contributed by atoms with E-state index in [9.17, 15) is 9.18 Å². The van der Waals surface area contributed by atoms with Crippen molar-refractivity contribution in [1.29, 1.82) is 0 Å². The van der Waals surface area contributed by atoms with E-state index in [0.717, 1.165) is 12.8 Å². The van der Waals surface area contributed by atoms with E-state index in [1.54, 1.807) is 29.2 Å². The summed E-state index contributed by atoms with van der Waals surface area (Å²) in [5.41, 5.74) is 0.335. The highest BCUT2D eigenvalue weighted by molar-refractivity contribution is 6.31. The molecular formula is C19H17ClFNO3. The van der Waals surface area contributed by atoms with Crippen LogP contribution >= 0.6 is 11.6 Å². The maximum atomic E-state index is 14.1. The Kier molecular flexibility index (Phi) is 4.25. The van der Waals surface area contributed by atoms with E-state index in [1.165, 1.54) is 6.07 Å². The molecule has 1 aliphatic heterocycles. The molecule has 0 bridgehead atoms. The molecule has 0 spiro atoms. The highest BCUT2D eigenvalue weighted by Crippen LogP contribution is 2.34. The Hall–Kier alpha value is -2.27. The van der Waals surface area contributed by atoms with Crippen molar-refractivity contribution in [2.45, 2.75) is 31.5 Å². The molecule has 0 saturated heterocycles. The molecule has 0 aromatic heterocycles. The first-order valence-electron chi connectivity index (χ1n) is 8.25. The van der Waals surface area contributed by atoms with Gasteiger partial charge in [-0.2, -0.15) is 0 Å². The SMILES string of the molecule is O=C(C1COc2ccccc2O1)N(Cc1c(F)cccc1Cl)C1CC1. The van der Waals surface area contributed by atoms with Crippen molar-refractivity contribution in [2.24, 2.45) is 0 Å². The van der Waals surface area contributed by atoms with E-state index in [4.69, 9.17) is 21.1 Å². The number of hydrogen-bond donors (Lipinski definition) is 0. The van der Waals surface area contributed by atoms with E-state index < -0.39 is 11.9 Å². The van der Waals surface area contributed by atoms with Gasteiger partial charge in [-0.3, -0.25) is 4.79 Å². The Morgan fingerprint density at radius 1 is 1.16 bits per heavy atom. The fourth-order valence-electron chi connectivity index (χ4n) is 2.95. The number of halogens is 2. The Bertz CT molecular complexity index is 789. The normalized spacial score (nSPS) is 18.7. The summed E-state index contributed by atoms with van der Waals surface area (Å²) in [6.07, 6.45) is 1.07. The summed E-state index contributed by atoms with van der Waals surface area (Å²) in [6.45, 7) is 0.278. The average molecular weight is 362 g/mol. The van der Waals surface area contributed by atoms with Gasteiger partial charge in [0.05, 0.1) is 6.54 Å². The smallest absolute Gasteiger partial charge is 0.267 e. The van der Waals surface area contributed by atoms with Gasteiger partial charge in [0.15, 0.2) is 11.5 Å². The van der Waals surface area contributed by atoms with Gasteiger partial charge in [-0.1, -0.05) is 29.8 Å². The van der Waals surface area contributed by atoms with Crippen LogP contribution in [0.5, 0.6) is 11.5 Å². The first kappa shape index (κ1) is 16.2. The van der Waals surface area contributed by atoms with Crippen LogP contribution in [-0.2, 0) is 11.3 Å². The fraction of sp³-hybridized carbons (Fsp3) is 0.316. The van der Waals surface area contributed by atoms with Crippen LogP contribution in [-0.4, -0.2) is 29.6 Å². The van der Waals surface area contributed by atoms with E-state index >= 15 is 0 Å². The summed E-state index contributed by atoms with van der Waals surface area (Å²) in [5, 5.41) is 0.324. The summed E-state index contributed by atoms with van der Waals surface area (Å²) in [4.78, 5) is 14.6. The number of carbonyl (C=O) groups is 1. The maximum Gasteiger partial charge on any atom is 0.267 e. The number of amides is 1. The molecule has 0 radical (unpaired) electrons. The molecule has 2 aliphatic rings. The second kappa shape index (κ2) is 6.56. The van der Waals surface area contributed by atoms with E-state index in [-0.39, 0.29) is 25.1 Å². The van der Waals surface area contributed by atoms with Crippen LogP contribution in [0, 0.1) is 5.82 Å². The van der Waals surface area contributed by atoms with Crippen LogP contribution < -0.4 is 9.47 Å². The predicted molar refractivity (Wildman–Crippen MR) is 91.3 cm³/mol. The second-order valence-corrected chi connectivity index (χ2v) is 6.67. The van der Waals surface area contributed by atoms with Crippen molar-refractivity contribution >= 4 is 17.5 Å². The zero-order chi connectivity index (χ0) is 17.4. The molecule has 25 heavy (non-hydrogen) atoms. The quantitative estimate of drug-likeness (QED) is 0.831. The largest absolute Gasteiger partial charge is 0.485 e. The number of fused-ring (bicyclic) bond motifs is 1. The molecular weight excluding hydrogens is 345 g/mol. The number of nitrogens with zero attached hydrogens (tertiary/aromatic N) is 1. The Morgan fingerprint density at radius 3 is 2.64 bits per heavy atom. The standard InChI is InChI=1S/C19H17ClFNO3/c20-14-4-3-5-15(21)13(14)10-22(12-8-9-12)19(23)18-11-24-16-6-1-2-7-17(16)25-18/h1-7,12,18H,8-11H2. The molecule has 1 heterocycles. The molecule has 1 amide bonds. The van der Waals surface area contributed by atoms with Gasteiger partial charge in [0.1, 0.15) is 12.4 Å². The first-order valence-corrected chi connectivity index (χ1v) is 8.63. The van der Waals surface area contributed by atoms with Crippen LogP contribution in [0.4, 0.5) is 4.39 Å². The van der Waals surface area contributed by atoms with Gasteiger partial charge in [0.2, 0.25) is 6.10 Å². The third-order valence-electron chi connectivity index (χ3n) is 4.44. The molecule has 0 N–H and O–H groups in total. The number of carbonyl (C=O) groups excluding carboxylic acids is 1. The summed E-state index contributed by atoms with van der Waals surface area (Å²) in [7, 11) is 0. The lowest BCUT2D eigenvalue weighted by molar-refractivity contribution is -0.142. The number of para-hydroxylation sites is 2. The van der Waals surface area contributed by atoms with Gasteiger partial charge in [0.25, 0.3) is 5.91 Å². The van der Waals surface area contributed by atoms with Crippen LogP contribution in [0.2, 0.25) is 5.02 Å². The van der Waals surface area contributed by atoms with E-state index in [2.05, 4.69) is 0 Å². The Balaban J connectivity index is 1.55. The second-order valence-electron chi connectivity index (χ2n) is 6.26. The minimum atomic E-state index is -0.735. The molecule has 1 aliphatic carbocycles. The van der Waals surface area contributed by atoms with Crippen molar-refractivity contribution in [2.75, 3.05) is 6.61 Å². The lowest BCUT2D eigenvalue weighted by atomic mass is 10.1. The summed E-state index contributed by atoms with van der Waals surface area (Å²) in [5.74, 6) is 0.571. The Labute approximate surface area is 150 Å². The first-order chi connectivity index (χ1) is 12.1. The van der Waals surface area contributed by atoms with Crippen LogP contribution in [0.1, 0.15) is 18.4 Å². The molecule has 6 heteroatoms. The van der Waals surface area contributed by atoms with Gasteiger partial charge in [-0.15, -0.1) is 0 Å². The van der Waals surface area contributed by atoms with Gasteiger partial charge in [-0.05, 0) is 37.1 Å². The third-order valence-corrected chi connectivity index (χ3v) is 4.80. The summed E-state index contributed by atoms with van der Waals surface area (Å²) >= 11 is 6.12. The van der Waals surface area contributed by atoms with Gasteiger partial charge in [0, 0.05) is 16.6 Å². The molecule has 1 saturated carbocycles. The van der Waals surface area contributed by atoms with Crippen LogP contribution in [0.15, 0.2) is 42.5 Å². The zero-order valence-corrected chi connectivity index (χ0v) is 14.2. The molecule has 1 atom stereocenters. The number of benzene rings is 2. The van der Waals surface area contributed by atoms with Crippen LogP contribution in [0.25, 0.3) is 0 Å². The Morgan fingerprint density at radius 2 is 1.92 bits per heavy atom. The lowest BCUT2D eigenvalue weighted by Crippen LogP contribution is -2.47. The number of ether oxygens (including phenoxy) is 2. The molecule has 2 aromatic rings. The van der Waals surface area contributed by atoms with Crippen molar-refractivity contribution < 1.29 is 18.7 Å². The molecule has 1 unspecified atom stereocenters. The number of rotatable bonds is 4. The topological polar surface area (TPSA) is 38.8 Å². The number of hydrogen-bond acceptors (Lipinski definition) is 3. The van der Waals surface area contributed by atoms with Crippen molar-refractivity contribution in [3.8, 4) is 11.5 Å². The summed E-state index contributed by atoms with van der Waals surface area (Å²) in [6, 6.07) is 11.9. The van der Waals surface area contributed by atoms with Crippen molar-refractivity contribution in [3.05, 3.63) is 58.9 Å². The molecule has 2 aromatic carbocycles. The lowest BCUT2D eigenvalue weighted by Gasteiger charge is -2.31. The molecule has 1 fully saturated rings. The molecule has 4 rings (SSSR count). The monoisotopic (exact) mass is 361 g/mol. The highest BCUT2D eigenvalue weighted by atomic mass is 35.5. The predicted octanol–water partition coefficient (Wildman–Crippen LogP) is 3.81. The zero-order valence-electron chi connectivity index (χ0n) is 13.5. The summed E-state index contributed by atoms with van der Waals surface area (Å²) < 4.78 is 25.6. The third kappa shape index (κ3) is 3.29. The van der Waals surface area contributed by atoms with Crippen molar-refractivity contribution in [1.82, 2.24) is 4.90 Å². The fourth-order valence-corrected chi connectivity index (χ4v) is 3.18. The minimum Gasteiger partial charge on any atom is -0.485 e. The van der Waals surface area contributed by atoms with Gasteiger partial charge >= 0.3 is 0 Å². The van der Waals surface area contributed by atoms with Gasteiger partial charge in [-0.25, -0.2) is 4.39 Å². The average Bonchev–Trinajstić information content (AvgIpc) is 3.45. The van der Waals surface area contributed by atoms with Crippen molar-refractivity contribution in [3.63, 3.8) is 0 Å². The molecule has 4 nitrogen and oxygen atoms in total. The van der Waals surface area contributed by atoms with E-state index in [1.807, 2.05) is 12.1 Å².